The molecule has 0 atom stereocenters. The van der Waals surface area contributed by atoms with E-state index < -0.39 is 34.5 Å². The molecular formula is C29H26F3N3O6S. The summed E-state index contributed by atoms with van der Waals surface area (Å²) in [5, 5.41) is 9.42. The van der Waals surface area contributed by atoms with Crippen LogP contribution in [0.3, 0.4) is 0 Å². The van der Waals surface area contributed by atoms with Crippen molar-refractivity contribution < 1.29 is 40.6 Å². The van der Waals surface area contributed by atoms with E-state index in [1.807, 2.05) is 12.1 Å². The average molecular weight is 602 g/mol. The molecule has 1 aliphatic heterocycles. The predicted molar refractivity (Wildman–Crippen MR) is 147 cm³/mol. The zero-order valence-corrected chi connectivity index (χ0v) is 23.2. The highest BCUT2D eigenvalue weighted by Gasteiger charge is 2.35. The first kappa shape index (κ1) is 29.1. The smallest absolute Gasteiger partial charge is 0.416 e. The standard InChI is InChI=1S/C29H26F3N3O6S/c1-19-25(33-28(41-19)22-8-10-23(11-9-22)29(30,31)32)18-40-24-12-6-20(7-13-24)16-34(17-27(36)37)42(38,39)35-15-14-21-4-2-3-5-26(21)35/h2-13H,14-18H2,1H3,(H,36,37). The number of rotatable bonds is 10. The van der Waals surface area contributed by atoms with Crippen molar-refractivity contribution in [2.75, 3.05) is 17.4 Å². The van der Waals surface area contributed by atoms with E-state index in [9.17, 15) is 31.5 Å². The fourth-order valence-corrected chi connectivity index (χ4v) is 6.20. The molecule has 0 spiro atoms. The maximum absolute atomic E-state index is 13.5. The van der Waals surface area contributed by atoms with Crippen LogP contribution in [0.15, 0.2) is 77.2 Å². The lowest BCUT2D eigenvalue weighted by molar-refractivity contribution is -0.138. The van der Waals surface area contributed by atoms with Gasteiger partial charge in [-0.3, -0.25) is 9.10 Å². The number of halogens is 3. The van der Waals surface area contributed by atoms with Gasteiger partial charge in [-0.15, -0.1) is 0 Å². The molecule has 0 aliphatic carbocycles. The summed E-state index contributed by atoms with van der Waals surface area (Å²) in [6.45, 7) is 1.05. The van der Waals surface area contributed by atoms with Crippen LogP contribution in [-0.2, 0) is 40.8 Å². The molecule has 1 N–H and O–H groups in total. The summed E-state index contributed by atoms with van der Waals surface area (Å²) in [5.74, 6) is -0.224. The van der Waals surface area contributed by atoms with Gasteiger partial charge in [-0.2, -0.15) is 25.9 Å². The molecular weight excluding hydrogens is 575 g/mol. The quantitative estimate of drug-likeness (QED) is 0.258. The molecule has 13 heteroatoms. The van der Waals surface area contributed by atoms with Gasteiger partial charge in [-0.05, 0) is 66.9 Å². The molecule has 9 nitrogen and oxygen atoms in total. The molecule has 5 rings (SSSR count). The Bertz CT molecular complexity index is 1690. The van der Waals surface area contributed by atoms with Crippen LogP contribution in [0.1, 0.15) is 28.1 Å². The lowest BCUT2D eigenvalue weighted by Gasteiger charge is -2.28. The largest absolute Gasteiger partial charge is 0.487 e. The van der Waals surface area contributed by atoms with Gasteiger partial charge in [0.15, 0.2) is 0 Å². The summed E-state index contributed by atoms with van der Waals surface area (Å²) in [4.78, 5) is 15.9. The van der Waals surface area contributed by atoms with Gasteiger partial charge in [0.05, 0.1) is 11.3 Å². The van der Waals surface area contributed by atoms with E-state index >= 15 is 0 Å². The van der Waals surface area contributed by atoms with Crippen molar-refractivity contribution in [3.8, 4) is 17.2 Å². The molecule has 1 aliphatic rings. The topological polar surface area (TPSA) is 113 Å². The summed E-state index contributed by atoms with van der Waals surface area (Å²) in [5.41, 5.74) is 2.06. The normalized spacial score (nSPS) is 13.4. The van der Waals surface area contributed by atoms with Gasteiger partial charge in [0, 0.05) is 18.7 Å². The molecule has 42 heavy (non-hydrogen) atoms. The number of hydrogen-bond donors (Lipinski definition) is 1. The second-order valence-corrected chi connectivity index (χ2v) is 11.5. The molecule has 2 heterocycles. The molecule has 220 valence electrons. The fraction of sp³-hybridized carbons (Fsp3) is 0.241. The highest BCUT2D eigenvalue weighted by molar-refractivity contribution is 7.90. The number of benzene rings is 3. The Balaban J connectivity index is 1.25. The number of oxazole rings is 1. The predicted octanol–water partition coefficient (Wildman–Crippen LogP) is 5.44. The van der Waals surface area contributed by atoms with Crippen LogP contribution >= 0.6 is 0 Å². The fourth-order valence-electron chi connectivity index (χ4n) is 4.59. The van der Waals surface area contributed by atoms with Crippen molar-refractivity contribution in [3.63, 3.8) is 0 Å². The Morgan fingerprint density at radius 2 is 1.76 bits per heavy atom. The molecule has 0 saturated carbocycles. The van der Waals surface area contributed by atoms with Crippen LogP contribution < -0.4 is 9.04 Å². The third-order valence-corrected chi connectivity index (χ3v) is 8.62. The highest BCUT2D eigenvalue weighted by atomic mass is 32.2. The first-order valence-electron chi connectivity index (χ1n) is 12.8. The average Bonchev–Trinajstić information content (AvgIpc) is 3.55. The third kappa shape index (κ3) is 6.26. The van der Waals surface area contributed by atoms with Crippen molar-refractivity contribution in [1.29, 1.82) is 0 Å². The number of alkyl halides is 3. The van der Waals surface area contributed by atoms with Crippen LogP contribution in [0, 0.1) is 6.92 Å². The van der Waals surface area contributed by atoms with Gasteiger partial charge < -0.3 is 14.3 Å². The maximum Gasteiger partial charge on any atom is 0.416 e. The number of aryl methyl sites for hydroxylation is 1. The molecule has 4 aromatic rings. The van der Waals surface area contributed by atoms with Crippen LogP contribution in [0.25, 0.3) is 11.5 Å². The van der Waals surface area contributed by atoms with Gasteiger partial charge in [-0.1, -0.05) is 30.3 Å². The van der Waals surface area contributed by atoms with Crippen LogP contribution in [0.2, 0.25) is 0 Å². The first-order valence-corrected chi connectivity index (χ1v) is 14.2. The second-order valence-electron chi connectivity index (χ2n) is 9.65. The summed E-state index contributed by atoms with van der Waals surface area (Å²) in [6.07, 6.45) is -3.90. The summed E-state index contributed by atoms with van der Waals surface area (Å²) < 4.78 is 79.0. The number of para-hydroxylation sites is 1. The summed E-state index contributed by atoms with van der Waals surface area (Å²) in [6, 6.07) is 18.1. The maximum atomic E-state index is 13.5. The lowest BCUT2D eigenvalue weighted by Crippen LogP contribution is -2.45. The molecule has 1 aromatic heterocycles. The van der Waals surface area contributed by atoms with E-state index in [4.69, 9.17) is 9.15 Å². The Kier molecular flexibility index (Phi) is 7.97. The number of aliphatic carboxylic acids is 1. The number of aromatic nitrogens is 1. The SMILES string of the molecule is Cc1oc(-c2ccc(C(F)(F)F)cc2)nc1COc1ccc(CN(CC(=O)O)S(=O)(=O)N2CCc3ccccc32)cc1. The number of anilines is 1. The van der Waals surface area contributed by atoms with Crippen LogP contribution in [0.5, 0.6) is 5.75 Å². The second kappa shape index (κ2) is 11.5. The number of carboxylic acid groups (broad SMARTS) is 1. The van der Waals surface area contributed by atoms with Crippen LogP contribution in [0.4, 0.5) is 18.9 Å². The van der Waals surface area contributed by atoms with E-state index in [-0.39, 0.29) is 25.6 Å². The van der Waals surface area contributed by atoms with Crippen molar-refractivity contribution >= 4 is 21.9 Å². The molecule has 3 aromatic carbocycles. The van der Waals surface area contributed by atoms with E-state index in [0.717, 1.165) is 22.0 Å². The van der Waals surface area contributed by atoms with Gasteiger partial charge in [0.25, 0.3) is 0 Å². The lowest BCUT2D eigenvalue weighted by atomic mass is 10.1. The van der Waals surface area contributed by atoms with Crippen molar-refractivity contribution in [2.45, 2.75) is 32.7 Å². The Morgan fingerprint density at radius 3 is 2.43 bits per heavy atom. The molecule has 0 amide bonds. The zero-order chi connectivity index (χ0) is 30.1. The van der Waals surface area contributed by atoms with E-state index in [0.29, 0.717) is 40.4 Å². The molecule has 0 radical (unpaired) electrons. The number of fused-ring (bicyclic) bond motifs is 1. The molecule has 0 unspecified atom stereocenters. The van der Waals surface area contributed by atoms with Crippen LogP contribution in [-0.4, -0.2) is 41.9 Å². The van der Waals surface area contributed by atoms with E-state index in [1.54, 1.807) is 43.3 Å². The van der Waals surface area contributed by atoms with Gasteiger partial charge in [-0.25, -0.2) is 4.98 Å². The summed E-state index contributed by atoms with van der Waals surface area (Å²) in [7, 11) is -4.12. The van der Waals surface area contributed by atoms with E-state index in [2.05, 4.69) is 4.98 Å². The van der Waals surface area contributed by atoms with Gasteiger partial charge in [0.2, 0.25) is 5.89 Å². The molecule has 0 fully saturated rings. The van der Waals surface area contributed by atoms with Crippen molar-refractivity contribution in [3.05, 3.63) is 101 Å². The number of carbonyl (C=O) groups is 1. The van der Waals surface area contributed by atoms with Crippen molar-refractivity contribution in [2.24, 2.45) is 0 Å². The van der Waals surface area contributed by atoms with E-state index in [1.165, 1.54) is 16.4 Å². The van der Waals surface area contributed by atoms with Gasteiger partial charge >= 0.3 is 22.4 Å². The minimum absolute atomic E-state index is 0.0171. The number of nitrogens with zero attached hydrogens (tertiary/aromatic N) is 3. The number of carboxylic acids is 1. The van der Waals surface area contributed by atoms with Gasteiger partial charge in [0.1, 0.15) is 30.4 Å². The zero-order valence-electron chi connectivity index (χ0n) is 22.3. The third-order valence-electron chi connectivity index (χ3n) is 6.77. The first-order chi connectivity index (χ1) is 19.9. The highest BCUT2D eigenvalue weighted by Crippen LogP contribution is 2.33. The molecule has 0 bridgehead atoms. The minimum atomic E-state index is -4.44. The number of ether oxygens (including phenoxy) is 1. The number of hydrogen-bond acceptors (Lipinski definition) is 6. The Labute approximate surface area is 240 Å². The molecule has 0 saturated heterocycles. The Morgan fingerprint density at radius 1 is 1.07 bits per heavy atom. The Hall–Kier alpha value is -4.36. The monoisotopic (exact) mass is 601 g/mol. The summed E-state index contributed by atoms with van der Waals surface area (Å²) >= 11 is 0. The minimum Gasteiger partial charge on any atom is -0.487 e. The van der Waals surface area contributed by atoms with Crippen molar-refractivity contribution in [1.82, 2.24) is 9.29 Å².